The Morgan fingerprint density at radius 3 is 2.53 bits per heavy atom. The van der Waals surface area contributed by atoms with Crippen molar-refractivity contribution in [2.75, 3.05) is 24.2 Å². The molecule has 34 heavy (non-hydrogen) atoms. The van der Waals surface area contributed by atoms with Gasteiger partial charge in [-0.25, -0.2) is 13.9 Å². The lowest BCUT2D eigenvalue weighted by atomic mass is 9.92. The summed E-state index contributed by atoms with van der Waals surface area (Å²) in [4.78, 5) is 30.4. The van der Waals surface area contributed by atoms with Crippen LogP contribution in [0.1, 0.15) is 45.6 Å². The molecule has 0 aliphatic carbocycles. The molecule has 1 saturated heterocycles. The number of nitrogens with zero attached hydrogens (tertiary/aromatic N) is 6. The lowest BCUT2D eigenvalue weighted by Crippen LogP contribution is -2.33. The Balaban J connectivity index is 1.92. The molecule has 1 atom stereocenters. The predicted octanol–water partition coefficient (Wildman–Crippen LogP) is 3.44. The number of amidine groups is 1. The Bertz CT molecular complexity index is 1380. The zero-order valence-corrected chi connectivity index (χ0v) is 20.5. The maximum Gasteiger partial charge on any atom is 0.281 e. The minimum atomic E-state index is -3.16. The minimum Gasteiger partial charge on any atom is -0.504 e. The Labute approximate surface area is 197 Å². The highest BCUT2D eigenvalue weighted by atomic mass is 32.2. The van der Waals surface area contributed by atoms with Crippen molar-refractivity contribution >= 4 is 32.8 Å². The van der Waals surface area contributed by atoms with E-state index in [-0.39, 0.29) is 44.7 Å². The molecule has 2 aliphatic rings. The summed E-state index contributed by atoms with van der Waals surface area (Å²) in [6.07, 6.45) is 3.89. The zero-order valence-electron chi connectivity index (χ0n) is 19.6. The molecular formula is C22H28N6O5S. The summed E-state index contributed by atoms with van der Waals surface area (Å²) < 4.78 is 18.9. The number of rotatable bonds is 5. The molecule has 11 nitrogen and oxygen atoms in total. The van der Waals surface area contributed by atoms with E-state index in [1.54, 1.807) is 0 Å². The van der Waals surface area contributed by atoms with E-state index in [0.717, 1.165) is 12.8 Å². The van der Waals surface area contributed by atoms with Crippen LogP contribution >= 0.6 is 0 Å². The highest BCUT2D eigenvalue weighted by Crippen LogP contribution is 2.36. The van der Waals surface area contributed by atoms with E-state index in [2.05, 4.69) is 35.2 Å². The van der Waals surface area contributed by atoms with Gasteiger partial charge in [-0.2, -0.15) is 4.36 Å². The molecule has 182 valence electrons. The number of nitro benzene ring substituents is 1. The number of non-ortho nitro benzene ring substituents is 1. The van der Waals surface area contributed by atoms with E-state index in [0.29, 0.717) is 26.1 Å². The largest absolute Gasteiger partial charge is 0.504 e. The molecule has 2 aliphatic heterocycles. The van der Waals surface area contributed by atoms with Gasteiger partial charge in [0.15, 0.2) is 17.4 Å². The number of hydrogen-bond acceptors (Lipinski definition) is 9. The van der Waals surface area contributed by atoms with Crippen LogP contribution in [0.3, 0.4) is 0 Å². The monoisotopic (exact) mass is 488 g/mol. The fraction of sp³-hybridized carbons (Fsp3) is 0.500. The lowest BCUT2D eigenvalue weighted by Gasteiger charge is -2.23. The van der Waals surface area contributed by atoms with Crippen molar-refractivity contribution < 1.29 is 14.2 Å². The summed E-state index contributed by atoms with van der Waals surface area (Å²) >= 11 is 0. The molecule has 1 fully saturated rings. The summed E-state index contributed by atoms with van der Waals surface area (Å²) in [5.41, 5.74) is -0.805. The molecule has 2 aromatic rings. The van der Waals surface area contributed by atoms with Gasteiger partial charge in [0.1, 0.15) is 5.56 Å². The topological polar surface area (TPSA) is 143 Å². The van der Waals surface area contributed by atoms with Gasteiger partial charge in [0.05, 0.1) is 25.2 Å². The second-order valence-corrected chi connectivity index (χ2v) is 12.0. The molecule has 12 heteroatoms. The number of hydrogen-bond donors (Lipinski definition) is 1. The fourth-order valence-corrected chi connectivity index (χ4v) is 5.35. The summed E-state index contributed by atoms with van der Waals surface area (Å²) in [6, 6.07) is 3.82. The molecule has 3 heterocycles. The van der Waals surface area contributed by atoms with Crippen molar-refractivity contribution in [3.05, 3.63) is 44.2 Å². The van der Waals surface area contributed by atoms with Crippen LogP contribution in [0.2, 0.25) is 0 Å². The van der Waals surface area contributed by atoms with Crippen LogP contribution in [-0.2, 0) is 16.3 Å². The van der Waals surface area contributed by atoms with E-state index < -0.39 is 20.2 Å². The highest BCUT2D eigenvalue weighted by Gasteiger charge is 2.30. The normalized spacial score (nSPS) is 20.0. The van der Waals surface area contributed by atoms with Crippen molar-refractivity contribution in [3.8, 4) is 5.75 Å². The van der Waals surface area contributed by atoms with Gasteiger partial charge in [0, 0.05) is 38.0 Å². The van der Waals surface area contributed by atoms with Gasteiger partial charge in [-0.15, -0.1) is 5.10 Å². The number of fused-ring (bicyclic) bond motifs is 1. The number of aromatic hydroxyl groups is 1. The van der Waals surface area contributed by atoms with Crippen molar-refractivity contribution in [2.24, 2.45) is 14.8 Å². The molecule has 1 N–H and O–H groups in total. The summed E-state index contributed by atoms with van der Waals surface area (Å²) in [5, 5.41) is 26.8. The first-order valence-electron chi connectivity index (χ1n) is 11.1. The van der Waals surface area contributed by atoms with Gasteiger partial charge in [-0.1, -0.05) is 20.8 Å². The molecule has 0 spiro atoms. The molecule has 0 saturated carbocycles. The highest BCUT2D eigenvalue weighted by molar-refractivity contribution is 7.93. The van der Waals surface area contributed by atoms with E-state index in [1.807, 2.05) is 4.90 Å². The molecular weight excluding hydrogens is 460 g/mol. The van der Waals surface area contributed by atoms with E-state index >= 15 is 0 Å². The minimum absolute atomic E-state index is 0.0505. The molecule has 0 radical (unpaired) electrons. The van der Waals surface area contributed by atoms with E-state index in [9.17, 15) is 24.2 Å². The van der Waals surface area contributed by atoms with Crippen LogP contribution < -0.4 is 10.5 Å². The third kappa shape index (κ3) is 4.54. The maximum atomic E-state index is 13.4. The molecule has 1 aromatic heterocycles. The summed E-state index contributed by atoms with van der Waals surface area (Å²) in [7, 11) is -3.16. The van der Waals surface area contributed by atoms with Gasteiger partial charge in [0.25, 0.3) is 11.2 Å². The van der Waals surface area contributed by atoms with E-state index in [1.165, 1.54) is 29.1 Å². The smallest absolute Gasteiger partial charge is 0.281 e. The Morgan fingerprint density at radius 1 is 1.24 bits per heavy atom. The van der Waals surface area contributed by atoms with Crippen LogP contribution in [0, 0.1) is 15.5 Å². The second-order valence-electron chi connectivity index (χ2n) is 9.82. The van der Waals surface area contributed by atoms with Gasteiger partial charge < -0.3 is 10.0 Å². The third-order valence-corrected chi connectivity index (χ3v) is 7.53. The van der Waals surface area contributed by atoms with Crippen LogP contribution in [0.15, 0.2) is 37.2 Å². The van der Waals surface area contributed by atoms with Crippen molar-refractivity contribution in [3.63, 3.8) is 0 Å². The number of anilines is 1. The Hall–Kier alpha value is -3.28. The number of aliphatic imine (C=N–C) groups is 1. The zero-order chi connectivity index (χ0) is 24.8. The number of aromatic nitrogens is 2. The molecule has 1 unspecified atom stereocenters. The predicted molar refractivity (Wildman–Crippen MR) is 130 cm³/mol. The van der Waals surface area contributed by atoms with Crippen molar-refractivity contribution in [2.45, 2.75) is 51.5 Å². The summed E-state index contributed by atoms with van der Waals surface area (Å²) in [5.74, 6) is -0.235. The van der Waals surface area contributed by atoms with Gasteiger partial charge in [-0.3, -0.25) is 14.9 Å². The Morgan fingerprint density at radius 2 is 1.91 bits per heavy atom. The van der Waals surface area contributed by atoms with Crippen LogP contribution in [0.25, 0.3) is 0 Å². The molecule has 1 aromatic carbocycles. The number of benzene rings is 1. The second kappa shape index (κ2) is 8.49. The first-order chi connectivity index (χ1) is 15.9. The number of aryl methyl sites for hydroxylation is 1. The van der Waals surface area contributed by atoms with Gasteiger partial charge >= 0.3 is 0 Å². The lowest BCUT2D eigenvalue weighted by molar-refractivity contribution is -0.385. The van der Waals surface area contributed by atoms with E-state index in [4.69, 9.17) is 0 Å². The fourth-order valence-electron chi connectivity index (χ4n) is 3.95. The SMILES string of the molecule is CC(C)(C)CCn1nc(N2CCCC2)c(O)c(C2=Nc3ccc([N+](=O)[O-])cc3S(C)(=O)=N2)c1=O. The first kappa shape index (κ1) is 23.9. The van der Waals surface area contributed by atoms with Gasteiger partial charge in [-0.05, 0) is 30.7 Å². The van der Waals surface area contributed by atoms with Crippen LogP contribution in [-0.4, -0.2) is 49.2 Å². The maximum absolute atomic E-state index is 13.4. The first-order valence-corrected chi connectivity index (χ1v) is 13.0. The Kier molecular flexibility index (Phi) is 5.96. The van der Waals surface area contributed by atoms with Gasteiger partial charge in [0.2, 0.25) is 0 Å². The quantitative estimate of drug-likeness (QED) is 0.501. The molecule has 4 rings (SSSR count). The molecule has 0 amide bonds. The third-order valence-electron chi connectivity index (χ3n) is 5.86. The number of nitro groups is 1. The van der Waals surface area contributed by atoms with Crippen molar-refractivity contribution in [1.82, 2.24) is 9.78 Å². The van der Waals surface area contributed by atoms with Crippen LogP contribution in [0.4, 0.5) is 17.2 Å². The standard InChI is InChI=1S/C22H28N6O5S/c1-22(2,3)9-12-27-21(30)17(18(29)20(24-27)26-10-5-6-11-26)19-23-15-8-7-14(28(31)32)13-16(15)34(4,33)25-19/h7-8,13,29H,5-6,9-12H2,1-4H3. The average Bonchev–Trinajstić information content (AvgIpc) is 3.26. The molecule has 0 bridgehead atoms. The summed E-state index contributed by atoms with van der Waals surface area (Å²) in [6.45, 7) is 7.89. The van der Waals surface area contributed by atoms with Crippen LogP contribution in [0.5, 0.6) is 5.75 Å². The average molecular weight is 489 g/mol. The van der Waals surface area contributed by atoms with Crippen molar-refractivity contribution in [1.29, 1.82) is 0 Å².